The summed E-state index contributed by atoms with van der Waals surface area (Å²) in [5.74, 6) is -0.198. The zero-order valence-electron chi connectivity index (χ0n) is 15.4. The molecule has 0 aliphatic rings. The highest BCUT2D eigenvalue weighted by Crippen LogP contribution is 2.27. The van der Waals surface area contributed by atoms with E-state index in [2.05, 4.69) is 5.32 Å². The Hall–Kier alpha value is -1.76. The molecule has 0 atom stereocenters. The number of benzene rings is 2. The zero-order valence-corrected chi connectivity index (χ0v) is 17.7. The van der Waals surface area contributed by atoms with Gasteiger partial charge in [0, 0.05) is 28.7 Å². The normalized spacial score (nSPS) is 11.3. The molecule has 0 unspecified atom stereocenters. The van der Waals surface area contributed by atoms with Crippen molar-refractivity contribution in [1.29, 1.82) is 0 Å². The Morgan fingerprint density at radius 3 is 2.52 bits per heavy atom. The van der Waals surface area contributed by atoms with Gasteiger partial charge in [-0.05, 0) is 55.7 Å². The second-order valence-electron chi connectivity index (χ2n) is 6.33. The van der Waals surface area contributed by atoms with Crippen molar-refractivity contribution in [2.24, 2.45) is 0 Å². The van der Waals surface area contributed by atoms with Crippen LogP contribution in [0.2, 0.25) is 10.0 Å². The molecule has 8 heteroatoms. The number of hydrogen-bond donors (Lipinski definition) is 1. The van der Waals surface area contributed by atoms with Crippen LogP contribution in [0.15, 0.2) is 36.4 Å². The average molecular weight is 429 g/mol. The summed E-state index contributed by atoms with van der Waals surface area (Å²) in [5, 5.41) is 3.84. The number of carbonyl (C=O) groups excluding carboxylic acids is 1. The SMILES string of the molecule is Cc1ccc(Cl)cc1N(CCCC(=O)Nc1cccc(Cl)c1C)S(C)(=O)=O. The number of amides is 1. The lowest BCUT2D eigenvalue weighted by molar-refractivity contribution is -0.116. The first-order valence-electron chi connectivity index (χ1n) is 8.38. The third-order valence-electron chi connectivity index (χ3n) is 4.15. The molecule has 0 aliphatic carbocycles. The number of nitrogens with zero attached hydrogens (tertiary/aromatic N) is 1. The van der Waals surface area contributed by atoms with Crippen LogP contribution in [0.4, 0.5) is 11.4 Å². The van der Waals surface area contributed by atoms with E-state index in [1.54, 1.807) is 36.4 Å². The Balaban J connectivity index is 2.05. The molecule has 0 spiro atoms. The van der Waals surface area contributed by atoms with Crippen molar-refractivity contribution in [3.8, 4) is 0 Å². The minimum atomic E-state index is -3.50. The van der Waals surface area contributed by atoms with Crippen molar-refractivity contribution < 1.29 is 13.2 Å². The van der Waals surface area contributed by atoms with Crippen LogP contribution in [-0.4, -0.2) is 27.1 Å². The van der Waals surface area contributed by atoms with Crippen LogP contribution in [0.1, 0.15) is 24.0 Å². The number of halogens is 2. The van der Waals surface area contributed by atoms with Crippen molar-refractivity contribution in [3.05, 3.63) is 57.6 Å². The van der Waals surface area contributed by atoms with Crippen LogP contribution in [0.5, 0.6) is 0 Å². The van der Waals surface area contributed by atoms with Crippen LogP contribution in [0.25, 0.3) is 0 Å². The van der Waals surface area contributed by atoms with Crippen LogP contribution in [0, 0.1) is 13.8 Å². The molecule has 2 aromatic carbocycles. The van der Waals surface area contributed by atoms with Gasteiger partial charge in [-0.1, -0.05) is 35.3 Å². The van der Waals surface area contributed by atoms with E-state index in [0.29, 0.717) is 27.8 Å². The fraction of sp³-hybridized carbons (Fsp3) is 0.316. The number of nitrogens with one attached hydrogen (secondary N) is 1. The van der Waals surface area contributed by atoms with Crippen molar-refractivity contribution in [3.63, 3.8) is 0 Å². The smallest absolute Gasteiger partial charge is 0.232 e. The van der Waals surface area contributed by atoms with Gasteiger partial charge < -0.3 is 5.32 Å². The molecular weight excluding hydrogens is 407 g/mol. The lowest BCUT2D eigenvalue weighted by Gasteiger charge is -2.24. The molecule has 0 heterocycles. The van der Waals surface area contributed by atoms with Gasteiger partial charge in [-0.25, -0.2) is 8.42 Å². The van der Waals surface area contributed by atoms with E-state index >= 15 is 0 Å². The Labute approximate surface area is 170 Å². The molecule has 2 aromatic rings. The molecule has 27 heavy (non-hydrogen) atoms. The molecule has 0 saturated carbocycles. The first-order valence-corrected chi connectivity index (χ1v) is 11.0. The van der Waals surface area contributed by atoms with Gasteiger partial charge in [0.15, 0.2) is 0 Å². The summed E-state index contributed by atoms with van der Waals surface area (Å²) in [6.07, 6.45) is 1.69. The van der Waals surface area contributed by atoms with E-state index in [9.17, 15) is 13.2 Å². The molecule has 5 nitrogen and oxygen atoms in total. The van der Waals surface area contributed by atoms with Gasteiger partial charge in [-0.2, -0.15) is 0 Å². The quantitative estimate of drug-likeness (QED) is 0.688. The summed E-state index contributed by atoms with van der Waals surface area (Å²) in [6.45, 7) is 3.83. The number of carbonyl (C=O) groups is 1. The Kier molecular flexibility index (Phi) is 7.14. The Morgan fingerprint density at radius 1 is 1.15 bits per heavy atom. The van der Waals surface area contributed by atoms with E-state index in [1.165, 1.54) is 4.31 Å². The first-order chi connectivity index (χ1) is 12.6. The zero-order chi connectivity index (χ0) is 20.2. The maximum Gasteiger partial charge on any atom is 0.232 e. The summed E-state index contributed by atoms with van der Waals surface area (Å²) in [4.78, 5) is 12.2. The lowest BCUT2D eigenvalue weighted by atomic mass is 10.2. The summed E-state index contributed by atoms with van der Waals surface area (Å²) in [6, 6.07) is 10.4. The molecule has 0 aromatic heterocycles. The molecule has 1 amide bonds. The van der Waals surface area contributed by atoms with Crippen LogP contribution in [0.3, 0.4) is 0 Å². The Bertz CT molecular complexity index is 946. The van der Waals surface area contributed by atoms with Crippen molar-refractivity contribution >= 4 is 50.5 Å². The van der Waals surface area contributed by atoms with E-state index in [1.807, 2.05) is 13.8 Å². The van der Waals surface area contributed by atoms with Gasteiger partial charge in [0.2, 0.25) is 15.9 Å². The van der Waals surface area contributed by atoms with E-state index < -0.39 is 10.0 Å². The van der Waals surface area contributed by atoms with Crippen molar-refractivity contribution in [2.75, 3.05) is 22.4 Å². The third kappa shape index (κ3) is 5.86. The standard InChI is InChI=1S/C19H22Cl2N2O3S/c1-13-9-10-15(20)12-18(13)23(27(3,25)26)11-5-8-19(24)22-17-7-4-6-16(21)14(17)2/h4,6-7,9-10,12H,5,8,11H2,1-3H3,(H,22,24). The van der Waals surface area contributed by atoms with E-state index in [4.69, 9.17) is 23.2 Å². The topological polar surface area (TPSA) is 66.5 Å². The molecule has 1 N–H and O–H groups in total. The van der Waals surface area contributed by atoms with Crippen LogP contribution < -0.4 is 9.62 Å². The minimum Gasteiger partial charge on any atom is -0.326 e. The summed E-state index contributed by atoms with van der Waals surface area (Å²) in [7, 11) is -3.50. The number of anilines is 2. The highest BCUT2D eigenvalue weighted by molar-refractivity contribution is 7.92. The van der Waals surface area contributed by atoms with E-state index in [-0.39, 0.29) is 18.9 Å². The highest BCUT2D eigenvalue weighted by atomic mass is 35.5. The summed E-state index contributed by atoms with van der Waals surface area (Å²) < 4.78 is 25.7. The van der Waals surface area contributed by atoms with Gasteiger partial charge in [0.25, 0.3) is 0 Å². The maximum absolute atomic E-state index is 12.2. The first kappa shape index (κ1) is 21.5. The van der Waals surface area contributed by atoms with Crippen LogP contribution in [-0.2, 0) is 14.8 Å². The van der Waals surface area contributed by atoms with Crippen molar-refractivity contribution in [2.45, 2.75) is 26.7 Å². The van der Waals surface area contributed by atoms with Gasteiger partial charge in [0.05, 0.1) is 11.9 Å². The highest BCUT2D eigenvalue weighted by Gasteiger charge is 2.20. The minimum absolute atomic E-state index is 0.178. The van der Waals surface area contributed by atoms with Gasteiger partial charge in [0.1, 0.15) is 0 Å². The van der Waals surface area contributed by atoms with Gasteiger partial charge >= 0.3 is 0 Å². The molecule has 0 aliphatic heterocycles. The Morgan fingerprint density at radius 2 is 1.85 bits per heavy atom. The fourth-order valence-electron chi connectivity index (χ4n) is 2.65. The predicted molar refractivity (Wildman–Crippen MR) is 112 cm³/mol. The average Bonchev–Trinajstić information content (AvgIpc) is 2.57. The molecular formula is C19H22Cl2N2O3S. The maximum atomic E-state index is 12.2. The van der Waals surface area contributed by atoms with Gasteiger partial charge in [-0.15, -0.1) is 0 Å². The summed E-state index contributed by atoms with van der Waals surface area (Å²) >= 11 is 12.1. The molecule has 0 saturated heterocycles. The molecule has 0 fully saturated rings. The molecule has 2 rings (SSSR count). The number of sulfonamides is 1. The fourth-order valence-corrected chi connectivity index (χ4v) is 4.01. The monoisotopic (exact) mass is 428 g/mol. The molecule has 0 radical (unpaired) electrons. The van der Waals surface area contributed by atoms with Gasteiger partial charge in [-0.3, -0.25) is 9.10 Å². The van der Waals surface area contributed by atoms with Crippen LogP contribution >= 0.6 is 23.2 Å². The largest absolute Gasteiger partial charge is 0.326 e. The lowest BCUT2D eigenvalue weighted by Crippen LogP contribution is -2.32. The second kappa shape index (κ2) is 8.95. The predicted octanol–water partition coefficient (Wildman–Crippen LogP) is 4.80. The van der Waals surface area contributed by atoms with E-state index in [0.717, 1.165) is 17.4 Å². The summed E-state index contributed by atoms with van der Waals surface area (Å²) in [5.41, 5.74) is 2.76. The molecule has 146 valence electrons. The second-order valence-corrected chi connectivity index (χ2v) is 9.08. The number of aryl methyl sites for hydroxylation is 1. The number of rotatable bonds is 7. The number of hydrogen-bond acceptors (Lipinski definition) is 3. The van der Waals surface area contributed by atoms with Crippen molar-refractivity contribution in [1.82, 2.24) is 0 Å². The third-order valence-corrected chi connectivity index (χ3v) is 5.97. The molecule has 0 bridgehead atoms.